The lowest BCUT2D eigenvalue weighted by Crippen LogP contribution is -2.23. The number of ether oxygens (including phenoxy) is 2. The molecular formula is C24H24N2O4. The average Bonchev–Trinajstić information content (AvgIpc) is 3.44. The Kier molecular flexibility index (Phi) is 5.40. The zero-order valence-corrected chi connectivity index (χ0v) is 17.1. The highest BCUT2D eigenvalue weighted by atomic mass is 16.5. The second-order valence-electron chi connectivity index (χ2n) is 7.28. The van der Waals surface area contributed by atoms with Crippen LogP contribution in [0.25, 0.3) is 16.8 Å². The highest BCUT2D eigenvalue weighted by Gasteiger charge is 2.52. The molecule has 1 aliphatic carbocycles. The van der Waals surface area contributed by atoms with E-state index in [1.165, 1.54) is 0 Å². The van der Waals surface area contributed by atoms with E-state index in [-0.39, 0.29) is 5.97 Å². The van der Waals surface area contributed by atoms with Crippen molar-refractivity contribution in [2.75, 3.05) is 13.2 Å². The maximum atomic E-state index is 12.3. The van der Waals surface area contributed by atoms with Crippen molar-refractivity contribution in [1.29, 1.82) is 0 Å². The summed E-state index contributed by atoms with van der Waals surface area (Å²) in [7, 11) is 0. The van der Waals surface area contributed by atoms with Crippen LogP contribution in [0.15, 0.2) is 60.8 Å². The van der Waals surface area contributed by atoms with E-state index in [1.807, 2.05) is 55.5 Å². The predicted molar refractivity (Wildman–Crippen MR) is 113 cm³/mol. The first-order valence-electron chi connectivity index (χ1n) is 10.2. The maximum absolute atomic E-state index is 12.3. The Hall–Kier alpha value is -3.41. The molecule has 0 amide bonds. The summed E-state index contributed by atoms with van der Waals surface area (Å²) in [6.45, 7) is 4.33. The van der Waals surface area contributed by atoms with Gasteiger partial charge < -0.3 is 9.47 Å². The summed E-state index contributed by atoms with van der Waals surface area (Å²) in [5.41, 5.74) is 3.82. The molecule has 0 spiro atoms. The van der Waals surface area contributed by atoms with E-state index < -0.39 is 11.4 Å². The lowest BCUT2D eigenvalue weighted by atomic mass is 9.93. The lowest BCUT2D eigenvalue weighted by molar-refractivity contribution is -0.146. The molecule has 30 heavy (non-hydrogen) atoms. The average molecular weight is 404 g/mol. The molecular weight excluding hydrogens is 380 g/mol. The molecule has 0 aliphatic heterocycles. The molecule has 0 saturated heterocycles. The molecule has 0 bridgehead atoms. The normalized spacial score (nSPS) is 14.2. The molecule has 3 aromatic rings. The van der Waals surface area contributed by atoms with Crippen molar-refractivity contribution in [3.05, 3.63) is 72.1 Å². The first kappa shape index (κ1) is 19.9. The van der Waals surface area contributed by atoms with E-state index in [2.05, 4.69) is 5.10 Å². The largest absolute Gasteiger partial charge is 0.465 e. The van der Waals surface area contributed by atoms with Gasteiger partial charge in [-0.25, -0.2) is 9.48 Å². The third-order valence-corrected chi connectivity index (χ3v) is 5.43. The Balaban J connectivity index is 1.54. The van der Waals surface area contributed by atoms with Crippen LogP contribution in [0.2, 0.25) is 0 Å². The van der Waals surface area contributed by atoms with Crippen molar-refractivity contribution < 1.29 is 19.1 Å². The number of esters is 2. The van der Waals surface area contributed by atoms with Gasteiger partial charge in [-0.15, -0.1) is 0 Å². The smallest absolute Gasteiger partial charge is 0.357 e. The molecule has 0 N–H and O–H groups in total. The zero-order chi connectivity index (χ0) is 21.1. The molecule has 1 aliphatic rings. The van der Waals surface area contributed by atoms with Crippen molar-refractivity contribution in [2.45, 2.75) is 32.1 Å². The minimum atomic E-state index is -0.456. The molecule has 0 radical (unpaired) electrons. The van der Waals surface area contributed by atoms with Crippen LogP contribution in [-0.4, -0.2) is 34.9 Å². The van der Waals surface area contributed by atoms with Gasteiger partial charge >= 0.3 is 11.9 Å². The van der Waals surface area contributed by atoms with E-state index in [0.717, 1.165) is 35.2 Å². The molecule has 0 unspecified atom stereocenters. The van der Waals surface area contributed by atoms with Crippen LogP contribution < -0.4 is 0 Å². The molecule has 0 atom stereocenters. The lowest BCUT2D eigenvalue weighted by Gasteiger charge is -2.15. The molecule has 4 rings (SSSR count). The Bertz CT molecular complexity index is 1050. The van der Waals surface area contributed by atoms with Gasteiger partial charge in [-0.2, -0.15) is 5.10 Å². The summed E-state index contributed by atoms with van der Waals surface area (Å²) in [5.74, 6) is -0.524. The topological polar surface area (TPSA) is 70.4 Å². The molecule has 1 saturated carbocycles. The number of hydrogen-bond donors (Lipinski definition) is 0. The first-order chi connectivity index (χ1) is 14.6. The summed E-state index contributed by atoms with van der Waals surface area (Å²) in [5, 5.41) is 4.24. The number of carbonyl (C=O) groups is 2. The summed E-state index contributed by atoms with van der Waals surface area (Å²) < 4.78 is 11.9. The third kappa shape index (κ3) is 3.61. The number of nitrogens with zero attached hydrogens (tertiary/aromatic N) is 2. The fraction of sp³-hybridized carbons (Fsp3) is 0.292. The highest BCUT2D eigenvalue weighted by molar-refractivity contribution is 5.88. The summed E-state index contributed by atoms with van der Waals surface area (Å²) in [6.07, 6.45) is 3.26. The van der Waals surface area contributed by atoms with Crippen molar-refractivity contribution in [3.8, 4) is 16.8 Å². The van der Waals surface area contributed by atoms with Crippen molar-refractivity contribution in [1.82, 2.24) is 9.78 Å². The molecule has 6 nitrogen and oxygen atoms in total. The Morgan fingerprint density at radius 3 is 2.07 bits per heavy atom. The molecule has 1 aromatic heterocycles. The van der Waals surface area contributed by atoms with Gasteiger partial charge in [0.2, 0.25) is 0 Å². The van der Waals surface area contributed by atoms with E-state index in [9.17, 15) is 9.59 Å². The van der Waals surface area contributed by atoms with Gasteiger partial charge in [0.25, 0.3) is 0 Å². The summed E-state index contributed by atoms with van der Waals surface area (Å²) >= 11 is 0. The summed E-state index contributed by atoms with van der Waals surface area (Å²) in [6, 6.07) is 17.5. The van der Waals surface area contributed by atoms with Gasteiger partial charge in [0.15, 0.2) is 5.69 Å². The maximum Gasteiger partial charge on any atom is 0.357 e. The number of hydrogen-bond acceptors (Lipinski definition) is 5. The number of carbonyl (C=O) groups excluding carboxylic acids is 2. The second-order valence-corrected chi connectivity index (χ2v) is 7.28. The van der Waals surface area contributed by atoms with E-state index in [1.54, 1.807) is 23.9 Å². The Morgan fingerprint density at radius 1 is 0.900 bits per heavy atom. The van der Waals surface area contributed by atoms with Gasteiger partial charge in [-0.1, -0.05) is 36.4 Å². The molecule has 6 heteroatoms. The van der Waals surface area contributed by atoms with Crippen LogP contribution in [0, 0.1) is 0 Å². The van der Waals surface area contributed by atoms with Gasteiger partial charge in [-0.05, 0) is 61.6 Å². The van der Waals surface area contributed by atoms with Crippen LogP contribution >= 0.6 is 0 Å². The van der Waals surface area contributed by atoms with Crippen molar-refractivity contribution in [3.63, 3.8) is 0 Å². The van der Waals surface area contributed by atoms with Gasteiger partial charge in [0.05, 0.1) is 30.5 Å². The molecule has 154 valence electrons. The van der Waals surface area contributed by atoms with E-state index >= 15 is 0 Å². The SMILES string of the molecule is CCOC(=O)c1ccnn1-c1ccc(-c2ccc(C3(C(=O)OCC)CC3)cc2)cc1. The highest BCUT2D eigenvalue weighted by Crippen LogP contribution is 2.49. The third-order valence-electron chi connectivity index (χ3n) is 5.43. The molecule has 1 heterocycles. The van der Waals surface area contributed by atoms with Crippen LogP contribution in [0.5, 0.6) is 0 Å². The number of rotatable bonds is 7. The monoisotopic (exact) mass is 404 g/mol. The van der Waals surface area contributed by atoms with Crippen LogP contribution in [0.4, 0.5) is 0 Å². The molecule has 2 aromatic carbocycles. The fourth-order valence-corrected chi connectivity index (χ4v) is 3.65. The second kappa shape index (κ2) is 8.14. The van der Waals surface area contributed by atoms with E-state index in [4.69, 9.17) is 9.47 Å². The minimum absolute atomic E-state index is 0.126. The predicted octanol–water partition coefficient (Wildman–Crippen LogP) is 4.31. The molecule has 1 fully saturated rings. The van der Waals surface area contributed by atoms with Gasteiger partial charge in [0.1, 0.15) is 0 Å². The van der Waals surface area contributed by atoms with Crippen LogP contribution in [0.3, 0.4) is 0 Å². The Morgan fingerprint density at radius 2 is 1.50 bits per heavy atom. The number of aromatic nitrogens is 2. The van der Waals surface area contributed by atoms with Gasteiger partial charge in [0, 0.05) is 0 Å². The minimum Gasteiger partial charge on any atom is -0.465 e. The van der Waals surface area contributed by atoms with Crippen molar-refractivity contribution >= 4 is 11.9 Å². The van der Waals surface area contributed by atoms with Crippen LogP contribution in [-0.2, 0) is 19.7 Å². The van der Waals surface area contributed by atoms with Gasteiger partial charge in [-0.3, -0.25) is 4.79 Å². The first-order valence-corrected chi connectivity index (χ1v) is 10.2. The Labute approximate surface area is 175 Å². The van der Waals surface area contributed by atoms with Crippen molar-refractivity contribution in [2.24, 2.45) is 0 Å². The quantitative estimate of drug-likeness (QED) is 0.549. The number of benzene rings is 2. The van der Waals surface area contributed by atoms with Crippen LogP contribution in [0.1, 0.15) is 42.7 Å². The standard InChI is InChI=1S/C24H24N2O4/c1-3-29-22(27)21-13-16-25-26(21)20-11-7-18(8-12-20)17-5-9-19(10-6-17)24(14-15-24)23(28)30-4-2/h5-13,16H,3-4,14-15H2,1-2H3. The zero-order valence-electron chi connectivity index (χ0n) is 17.1. The van der Waals surface area contributed by atoms with E-state index in [0.29, 0.717) is 18.9 Å². The fourth-order valence-electron chi connectivity index (χ4n) is 3.65. The summed E-state index contributed by atoms with van der Waals surface area (Å²) in [4.78, 5) is 24.4.